The van der Waals surface area contributed by atoms with Gasteiger partial charge < -0.3 is 10.4 Å². The van der Waals surface area contributed by atoms with E-state index in [9.17, 15) is 5.11 Å². The fourth-order valence-electron chi connectivity index (χ4n) is 4.77. The van der Waals surface area contributed by atoms with E-state index in [2.05, 4.69) is 51.4 Å². The second kappa shape index (κ2) is 6.97. The Morgan fingerprint density at radius 1 is 1.19 bits per heavy atom. The van der Waals surface area contributed by atoms with E-state index in [1.54, 1.807) is 0 Å². The number of hydrogen-bond acceptors (Lipinski definition) is 5. The highest BCUT2D eigenvalue weighted by atomic mass is 16.3. The first-order valence-electron chi connectivity index (χ1n) is 9.59. The number of likely N-dealkylation sites (tertiary alicyclic amines) is 1. The average Bonchev–Trinajstić information content (AvgIpc) is 3.07. The zero-order chi connectivity index (χ0) is 18.1. The Morgan fingerprint density at radius 3 is 2.62 bits per heavy atom. The molecule has 26 heavy (non-hydrogen) atoms. The van der Waals surface area contributed by atoms with Crippen molar-refractivity contribution in [2.24, 2.45) is 11.8 Å². The van der Waals surface area contributed by atoms with Crippen LogP contribution in [-0.4, -0.2) is 40.1 Å². The molecule has 5 heteroatoms. The molecule has 138 valence electrons. The number of aliphatic hydroxyl groups is 1. The van der Waals surface area contributed by atoms with Gasteiger partial charge in [0.05, 0.1) is 5.60 Å². The molecule has 1 aromatic heterocycles. The molecule has 0 unspecified atom stereocenters. The Morgan fingerprint density at radius 2 is 1.92 bits per heavy atom. The summed E-state index contributed by atoms with van der Waals surface area (Å²) in [7, 11) is 1.83. The zero-order valence-electron chi connectivity index (χ0n) is 15.7. The highest BCUT2D eigenvalue weighted by Crippen LogP contribution is 2.48. The molecule has 0 bridgehead atoms. The van der Waals surface area contributed by atoms with Gasteiger partial charge in [-0.2, -0.15) is 0 Å². The summed E-state index contributed by atoms with van der Waals surface area (Å²) in [4.78, 5) is 11.1. The lowest BCUT2D eigenvalue weighted by Gasteiger charge is -2.41. The lowest BCUT2D eigenvalue weighted by atomic mass is 9.67. The van der Waals surface area contributed by atoms with Gasteiger partial charge in [-0.3, -0.25) is 4.90 Å². The Kier molecular flexibility index (Phi) is 4.67. The summed E-state index contributed by atoms with van der Waals surface area (Å²) < 4.78 is 0. The molecular formula is C21H28N4O. The first-order valence-corrected chi connectivity index (χ1v) is 9.59. The van der Waals surface area contributed by atoms with Gasteiger partial charge in [-0.1, -0.05) is 29.8 Å². The Hall–Kier alpha value is -1.98. The second-order valence-corrected chi connectivity index (χ2v) is 7.91. The fraction of sp³-hybridized carbons (Fsp3) is 0.524. The van der Waals surface area contributed by atoms with Crippen LogP contribution in [0.5, 0.6) is 0 Å². The zero-order valence-corrected chi connectivity index (χ0v) is 15.7. The van der Waals surface area contributed by atoms with Gasteiger partial charge in [-0.25, -0.2) is 9.97 Å². The van der Waals surface area contributed by atoms with Crippen molar-refractivity contribution in [2.45, 2.75) is 38.3 Å². The van der Waals surface area contributed by atoms with E-state index in [0.29, 0.717) is 17.8 Å². The van der Waals surface area contributed by atoms with Gasteiger partial charge in [0, 0.05) is 50.6 Å². The van der Waals surface area contributed by atoms with E-state index in [4.69, 9.17) is 0 Å². The largest absolute Gasteiger partial charge is 0.385 e. The minimum atomic E-state index is -0.697. The van der Waals surface area contributed by atoms with Crippen LogP contribution in [-0.2, 0) is 12.1 Å². The number of anilines is 1. The smallest absolute Gasteiger partial charge is 0.222 e. The van der Waals surface area contributed by atoms with Crippen molar-refractivity contribution in [3.8, 4) is 0 Å². The van der Waals surface area contributed by atoms with Crippen LogP contribution in [0.15, 0.2) is 36.7 Å². The Bertz CT molecular complexity index is 746. The highest BCUT2D eigenvalue weighted by Gasteiger charge is 2.49. The van der Waals surface area contributed by atoms with Crippen molar-refractivity contribution in [3.05, 3.63) is 53.3 Å². The second-order valence-electron chi connectivity index (χ2n) is 7.91. The van der Waals surface area contributed by atoms with E-state index >= 15 is 0 Å². The number of aromatic nitrogens is 2. The maximum Gasteiger partial charge on any atom is 0.222 e. The molecular weight excluding hydrogens is 324 g/mol. The summed E-state index contributed by atoms with van der Waals surface area (Å²) in [5.41, 5.74) is 2.75. The van der Waals surface area contributed by atoms with Gasteiger partial charge in [0.15, 0.2) is 0 Å². The normalized spacial score (nSPS) is 28.7. The molecule has 2 aliphatic rings. The number of benzene rings is 1. The molecule has 4 rings (SSSR count). The van der Waals surface area contributed by atoms with Crippen molar-refractivity contribution < 1.29 is 5.11 Å². The van der Waals surface area contributed by atoms with Crippen LogP contribution in [0.1, 0.15) is 36.0 Å². The molecule has 2 heterocycles. The maximum absolute atomic E-state index is 11.6. The first kappa shape index (κ1) is 17.4. The van der Waals surface area contributed by atoms with Crippen LogP contribution in [0.2, 0.25) is 0 Å². The van der Waals surface area contributed by atoms with Gasteiger partial charge in [-0.15, -0.1) is 0 Å². The van der Waals surface area contributed by atoms with Crippen molar-refractivity contribution in [2.75, 3.05) is 25.5 Å². The number of nitrogens with zero attached hydrogens (tertiary/aromatic N) is 3. The number of rotatable bonds is 4. The molecule has 2 fully saturated rings. The third-order valence-electron chi connectivity index (χ3n) is 6.15. The predicted molar refractivity (Wildman–Crippen MR) is 103 cm³/mol. The Labute approximate surface area is 155 Å². The Balaban J connectivity index is 1.51. The molecule has 2 aromatic rings. The lowest BCUT2D eigenvalue weighted by molar-refractivity contribution is -0.0648. The lowest BCUT2D eigenvalue weighted by Crippen LogP contribution is -2.42. The number of fused-ring (bicyclic) bond motifs is 1. The minimum Gasteiger partial charge on any atom is -0.385 e. The standard InChI is InChI=1S/C21H28N4O/c1-15-5-7-18(8-6-15)21(26)9-3-4-17-13-25(14-19(17)21)12-16-10-23-20(22-2)24-11-16/h5-8,10-11,17,19,26H,3-4,9,12-14H2,1-2H3,(H,22,23,24)/t17-,19+,21-/m0/s1. The summed E-state index contributed by atoms with van der Waals surface area (Å²) in [6, 6.07) is 8.46. The van der Waals surface area contributed by atoms with Crippen molar-refractivity contribution in [1.29, 1.82) is 0 Å². The summed E-state index contributed by atoms with van der Waals surface area (Å²) >= 11 is 0. The van der Waals surface area contributed by atoms with Crippen LogP contribution < -0.4 is 5.32 Å². The number of aryl methyl sites for hydroxylation is 1. The van der Waals surface area contributed by atoms with Gasteiger partial charge in [0.2, 0.25) is 5.95 Å². The molecule has 1 aromatic carbocycles. The van der Waals surface area contributed by atoms with Crippen LogP contribution in [0, 0.1) is 18.8 Å². The van der Waals surface area contributed by atoms with Crippen LogP contribution in [0.3, 0.4) is 0 Å². The molecule has 0 amide bonds. The molecule has 1 aliphatic heterocycles. The van der Waals surface area contributed by atoms with E-state index in [0.717, 1.165) is 43.6 Å². The molecule has 3 atom stereocenters. The van der Waals surface area contributed by atoms with Gasteiger partial charge in [-0.05, 0) is 37.7 Å². The molecule has 1 saturated heterocycles. The van der Waals surface area contributed by atoms with E-state index < -0.39 is 5.60 Å². The predicted octanol–water partition coefficient (Wildman–Crippen LogP) is 2.95. The van der Waals surface area contributed by atoms with Crippen molar-refractivity contribution in [1.82, 2.24) is 14.9 Å². The van der Waals surface area contributed by atoms with Crippen molar-refractivity contribution in [3.63, 3.8) is 0 Å². The summed E-state index contributed by atoms with van der Waals surface area (Å²) in [5, 5.41) is 14.5. The number of hydrogen-bond donors (Lipinski definition) is 2. The monoisotopic (exact) mass is 352 g/mol. The fourth-order valence-corrected chi connectivity index (χ4v) is 4.77. The summed E-state index contributed by atoms with van der Waals surface area (Å²) in [5.74, 6) is 1.52. The minimum absolute atomic E-state index is 0.302. The molecule has 0 radical (unpaired) electrons. The van der Waals surface area contributed by atoms with Gasteiger partial charge in [0.1, 0.15) is 0 Å². The maximum atomic E-state index is 11.6. The van der Waals surface area contributed by atoms with E-state index in [1.807, 2.05) is 19.4 Å². The van der Waals surface area contributed by atoms with Crippen molar-refractivity contribution >= 4 is 5.95 Å². The quantitative estimate of drug-likeness (QED) is 0.886. The van der Waals surface area contributed by atoms with Gasteiger partial charge in [0.25, 0.3) is 0 Å². The van der Waals surface area contributed by atoms with Gasteiger partial charge >= 0.3 is 0 Å². The highest BCUT2D eigenvalue weighted by molar-refractivity contribution is 5.29. The third kappa shape index (κ3) is 3.21. The SMILES string of the molecule is CNc1ncc(CN2C[C@@H]3CCC[C@](O)(c4ccc(C)cc4)[C@@H]3C2)cn1. The molecule has 1 saturated carbocycles. The van der Waals surface area contributed by atoms with Crippen LogP contribution in [0.4, 0.5) is 5.95 Å². The summed E-state index contributed by atoms with van der Waals surface area (Å²) in [6.45, 7) is 4.92. The topological polar surface area (TPSA) is 61.3 Å². The molecule has 5 nitrogen and oxygen atoms in total. The molecule has 0 spiro atoms. The third-order valence-corrected chi connectivity index (χ3v) is 6.15. The van der Waals surface area contributed by atoms with E-state index in [-0.39, 0.29) is 0 Å². The van der Waals surface area contributed by atoms with E-state index in [1.165, 1.54) is 12.0 Å². The average molecular weight is 352 g/mol. The van der Waals surface area contributed by atoms with Crippen LogP contribution >= 0.6 is 0 Å². The summed E-state index contributed by atoms with van der Waals surface area (Å²) in [6.07, 6.45) is 6.97. The molecule has 1 aliphatic carbocycles. The molecule has 2 N–H and O–H groups in total. The van der Waals surface area contributed by atoms with Crippen LogP contribution in [0.25, 0.3) is 0 Å². The number of nitrogens with one attached hydrogen (secondary N) is 1. The first-order chi connectivity index (χ1) is 12.6.